The van der Waals surface area contributed by atoms with Crippen molar-refractivity contribution in [1.82, 2.24) is 4.90 Å². The fourth-order valence-corrected chi connectivity index (χ4v) is 5.99. The molecule has 36 heavy (non-hydrogen) atoms. The topological polar surface area (TPSA) is 69.7 Å². The monoisotopic (exact) mass is 529 g/mol. The number of anilines is 2. The zero-order valence-electron chi connectivity index (χ0n) is 20.7. The number of benzene rings is 2. The van der Waals surface area contributed by atoms with Crippen molar-refractivity contribution in [2.24, 2.45) is 0 Å². The molecule has 0 spiro atoms. The molecule has 0 saturated carbocycles. The van der Waals surface area contributed by atoms with Crippen LogP contribution in [0, 0.1) is 5.82 Å². The third-order valence-electron chi connectivity index (χ3n) is 6.56. The van der Waals surface area contributed by atoms with Gasteiger partial charge in [0.2, 0.25) is 5.91 Å². The summed E-state index contributed by atoms with van der Waals surface area (Å²) in [5, 5.41) is 2.33. The van der Waals surface area contributed by atoms with Gasteiger partial charge in [-0.2, -0.15) is 0 Å². The van der Waals surface area contributed by atoms with Gasteiger partial charge in [-0.25, -0.2) is 4.39 Å². The van der Waals surface area contributed by atoms with E-state index in [1.807, 2.05) is 12.1 Å². The Kier molecular flexibility index (Phi) is 7.48. The highest BCUT2D eigenvalue weighted by Crippen LogP contribution is 2.46. The second-order valence-corrected chi connectivity index (χ2v) is 11.2. The Balaban J connectivity index is 1.57. The van der Waals surface area contributed by atoms with Gasteiger partial charge in [0.1, 0.15) is 12.4 Å². The molecule has 4 rings (SSSR count). The zero-order chi connectivity index (χ0) is 26.2. The Morgan fingerprint density at radius 1 is 1.28 bits per heavy atom. The van der Waals surface area contributed by atoms with E-state index in [-0.39, 0.29) is 16.1 Å². The van der Waals surface area contributed by atoms with Crippen LogP contribution < -0.4 is 10.2 Å². The average molecular weight is 530 g/mol. The number of amides is 3. The Bertz CT molecular complexity index is 1260. The third kappa shape index (κ3) is 5.15. The zero-order valence-corrected chi connectivity index (χ0v) is 22.3. The van der Waals surface area contributed by atoms with Crippen LogP contribution in [0.1, 0.15) is 57.6 Å². The van der Waals surface area contributed by atoms with Crippen molar-refractivity contribution in [2.45, 2.75) is 52.0 Å². The lowest BCUT2D eigenvalue weighted by molar-refractivity contribution is -0.127. The van der Waals surface area contributed by atoms with E-state index < -0.39 is 29.4 Å². The number of imide groups is 1. The quantitative estimate of drug-likeness (QED) is 0.424. The van der Waals surface area contributed by atoms with Gasteiger partial charge in [-0.1, -0.05) is 37.6 Å². The number of hydrogen-bond acceptors (Lipinski definition) is 5. The first-order valence-corrected chi connectivity index (χ1v) is 13.1. The van der Waals surface area contributed by atoms with Gasteiger partial charge in [-0.05, 0) is 85.8 Å². The summed E-state index contributed by atoms with van der Waals surface area (Å²) in [5.74, 6) is -1.55. The lowest BCUT2D eigenvalue weighted by Crippen LogP contribution is -2.48. The van der Waals surface area contributed by atoms with Crippen molar-refractivity contribution in [2.75, 3.05) is 23.3 Å². The van der Waals surface area contributed by atoms with E-state index in [9.17, 15) is 18.8 Å². The van der Waals surface area contributed by atoms with Crippen LogP contribution in [0.25, 0.3) is 6.08 Å². The molecule has 0 aromatic heterocycles. The molecule has 2 aromatic carbocycles. The third-order valence-corrected chi connectivity index (χ3v) is 7.80. The predicted molar refractivity (Wildman–Crippen MR) is 144 cm³/mol. The number of rotatable bonds is 6. The van der Waals surface area contributed by atoms with E-state index >= 15 is 0 Å². The first-order valence-electron chi connectivity index (χ1n) is 11.9. The molecule has 2 aliphatic heterocycles. The number of thioether (sulfide) groups is 1. The van der Waals surface area contributed by atoms with Crippen molar-refractivity contribution in [3.8, 4) is 0 Å². The maximum Gasteiger partial charge on any atom is 0.294 e. The molecule has 2 heterocycles. The number of para-hydroxylation sites is 1. The number of nitrogens with zero attached hydrogens (tertiary/aromatic N) is 2. The van der Waals surface area contributed by atoms with Gasteiger partial charge in [0, 0.05) is 22.8 Å². The second-order valence-electron chi connectivity index (χ2n) is 9.80. The highest BCUT2D eigenvalue weighted by molar-refractivity contribution is 8.18. The minimum absolute atomic E-state index is 0.000828. The molecule has 6 nitrogen and oxygen atoms in total. The fourth-order valence-electron chi connectivity index (χ4n) is 4.95. The molecule has 9 heteroatoms. The molecule has 1 atom stereocenters. The minimum Gasteiger partial charge on any atom is -0.366 e. The highest BCUT2D eigenvalue weighted by atomic mass is 35.5. The van der Waals surface area contributed by atoms with Crippen molar-refractivity contribution >= 4 is 57.9 Å². The van der Waals surface area contributed by atoms with Crippen molar-refractivity contribution < 1.29 is 18.8 Å². The van der Waals surface area contributed by atoms with Crippen LogP contribution >= 0.6 is 23.4 Å². The van der Waals surface area contributed by atoms with Gasteiger partial charge < -0.3 is 10.2 Å². The summed E-state index contributed by atoms with van der Waals surface area (Å²) in [6.07, 6.45) is 3.60. The van der Waals surface area contributed by atoms with E-state index in [1.165, 1.54) is 18.2 Å². The molecule has 1 unspecified atom stereocenters. The molecule has 190 valence electrons. The molecular weight excluding hydrogens is 501 g/mol. The van der Waals surface area contributed by atoms with Gasteiger partial charge in [-0.15, -0.1) is 0 Å². The number of hydrogen-bond donors (Lipinski definition) is 1. The van der Waals surface area contributed by atoms with Gasteiger partial charge in [-0.3, -0.25) is 19.3 Å². The number of carbonyl (C=O) groups is 3. The summed E-state index contributed by atoms with van der Waals surface area (Å²) >= 11 is 7.42. The standard InChI is InChI=1S/C27H29ClFN3O3S/c1-5-10-32-22-13-19(28)17(11-18(22)16(2)14-27(32,3)4)12-23-25(34)31(26(35)36-23)15-24(33)30-21-9-7-6-8-20(21)29/h6-9,11-13,16H,5,10,14-15H2,1-4H3,(H,30,33)/b23-12+. The largest absolute Gasteiger partial charge is 0.366 e. The van der Waals surface area contributed by atoms with E-state index in [4.69, 9.17) is 11.6 Å². The molecule has 0 bridgehead atoms. The Hall–Kier alpha value is -2.84. The van der Waals surface area contributed by atoms with E-state index in [0.29, 0.717) is 16.5 Å². The Labute approximate surface area is 219 Å². The van der Waals surface area contributed by atoms with E-state index in [1.54, 1.807) is 12.1 Å². The van der Waals surface area contributed by atoms with Crippen molar-refractivity contribution in [3.05, 3.63) is 63.3 Å². The summed E-state index contributed by atoms with van der Waals surface area (Å²) in [4.78, 5) is 41.3. The summed E-state index contributed by atoms with van der Waals surface area (Å²) in [6, 6.07) is 9.64. The van der Waals surface area contributed by atoms with Gasteiger partial charge in [0.05, 0.1) is 10.6 Å². The second kappa shape index (κ2) is 10.3. The van der Waals surface area contributed by atoms with Crippen molar-refractivity contribution in [1.29, 1.82) is 0 Å². The molecule has 0 aliphatic carbocycles. The molecule has 2 aromatic rings. The molecule has 1 N–H and O–H groups in total. The van der Waals surface area contributed by atoms with Crippen LogP contribution in [0.5, 0.6) is 0 Å². The maximum atomic E-state index is 13.8. The molecule has 2 aliphatic rings. The van der Waals surface area contributed by atoms with Gasteiger partial charge in [0.25, 0.3) is 11.1 Å². The molecule has 1 saturated heterocycles. The van der Waals surface area contributed by atoms with Crippen molar-refractivity contribution in [3.63, 3.8) is 0 Å². The average Bonchev–Trinajstić information content (AvgIpc) is 3.06. The first kappa shape index (κ1) is 26.2. The highest BCUT2D eigenvalue weighted by Gasteiger charge is 2.38. The Morgan fingerprint density at radius 3 is 2.69 bits per heavy atom. The maximum absolute atomic E-state index is 13.8. The van der Waals surface area contributed by atoms with Gasteiger partial charge >= 0.3 is 0 Å². The molecular formula is C27H29ClFN3O3S. The number of carbonyl (C=O) groups excluding carboxylic acids is 3. The number of nitrogens with one attached hydrogen (secondary N) is 1. The van der Waals surface area contributed by atoms with Crippen LogP contribution in [0.15, 0.2) is 41.3 Å². The van der Waals surface area contributed by atoms with Crippen LogP contribution in [-0.4, -0.2) is 40.6 Å². The molecule has 3 amide bonds. The molecule has 0 radical (unpaired) electrons. The fraction of sp³-hybridized carbons (Fsp3) is 0.370. The summed E-state index contributed by atoms with van der Waals surface area (Å²) in [5.41, 5.74) is 2.89. The SMILES string of the molecule is CCCN1c2cc(Cl)c(/C=C3/SC(=O)N(CC(=O)Nc4ccccc4F)C3=O)cc2C(C)CC1(C)C. The normalized spacial score (nSPS) is 20.2. The first-order chi connectivity index (χ1) is 17.0. The summed E-state index contributed by atoms with van der Waals surface area (Å²) in [7, 11) is 0. The van der Waals surface area contributed by atoms with Crippen LogP contribution in [0.2, 0.25) is 5.02 Å². The minimum atomic E-state index is -0.664. The number of fused-ring (bicyclic) bond motifs is 1. The van der Waals surface area contributed by atoms with Crippen LogP contribution in [0.4, 0.5) is 20.6 Å². The summed E-state index contributed by atoms with van der Waals surface area (Å²) < 4.78 is 13.8. The van der Waals surface area contributed by atoms with Crippen LogP contribution in [-0.2, 0) is 9.59 Å². The lowest BCUT2D eigenvalue weighted by Gasteiger charge is -2.47. The molecule has 1 fully saturated rings. The Morgan fingerprint density at radius 2 is 2.00 bits per heavy atom. The van der Waals surface area contributed by atoms with E-state index in [0.717, 1.165) is 47.3 Å². The lowest BCUT2D eigenvalue weighted by atomic mass is 9.79. The van der Waals surface area contributed by atoms with Crippen LogP contribution in [0.3, 0.4) is 0 Å². The smallest absolute Gasteiger partial charge is 0.294 e. The van der Waals surface area contributed by atoms with Gasteiger partial charge in [0.15, 0.2) is 0 Å². The number of halogens is 2. The van der Waals surface area contributed by atoms with E-state index in [2.05, 4.69) is 37.9 Å². The summed E-state index contributed by atoms with van der Waals surface area (Å²) in [6.45, 7) is 9.22. The predicted octanol–water partition coefficient (Wildman–Crippen LogP) is 6.66.